The molecule has 0 bridgehead atoms. The van der Waals surface area contributed by atoms with Gasteiger partial charge in [0.05, 0.1) is 22.5 Å². The van der Waals surface area contributed by atoms with Crippen molar-refractivity contribution in [2.24, 2.45) is 17.6 Å². The lowest BCUT2D eigenvalue weighted by Crippen LogP contribution is -2.53. The number of halogens is 1. The van der Waals surface area contributed by atoms with Crippen LogP contribution in [0.25, 0.3) is 0 Å². The van der Waals surface area contributed by atoms with Gasteiger partial charge < -0.3 is 11.1 Å². The number of imide groups is 1. The Bertz CT molecular complexity index is 904. The highest BCUT2D eigenvalue weighted by Gasteiger charge is 2.70. The van der Waals surface area contributed by atoms with Gasteiger partial charge in [0.25, 0.3) is 0 Å². The van der Waals surface area contributed by atoms with E-state index in [9.17, 15) is 19.2 Å². The summed E-state index contributed by atoms with van der Waals surface area (Å²) in [5.41, 5.74) is 4.88. The van der Waals surface area contributed by atoms with Crippen molar-refractivity contribution < 1.29 is 19.2 Å². The molecule has 2 fully saturated rings. The van der Waals surface area contributed by atoms with Gasteiger partial charge in [-0.15, -0.1) is 0 Å². The number of carbonyl (C=O) groups is 4. The van der Waals surface area contributed by atoms with Crippen LogP contribution in [0, 0.1) is 11.8 Å². The van der Waals surface area contributed by atoms with E-state index in [1.807, 2.05) is 6.92 Å². The van der Waals surface area contributed by atoms with Crippen LogP contribution in [-0.2, 0) is 24.7 Å². The molecule has 0 aliphatic carbocycles. The Hall–Kier alpha value is -2.45. The van der Waals surface area contributed by atoms with Crippen LogP contribution in [0.15, 0.2) is 18.2 Å². The second kappa shape index (κ2) is 6.56. The van der Waals surface area contributed by atoms with E-state index in [1.54, 1.807) is 18.2 Å². The van der Waals surface area contributed by atoms with Crippen LogP contribution in [0.4, 0.5) is 5.69 Å². The zero-order valence-electron chi connectivity index (χ0n) is 15.3. The number of primary amides is 1. The van der Waals surface area contributed by atoms with Gasteiger partial charge >= 0.3 is 0 Å². The molecule has 28 heavy (non-hydrogen) atoms. The molecule has 0 radical (unpaired) electrons. The van der Waals surface area contributed by atoms with Crippen molar-refractivity contribution in [1.29, 1.82) is 0 Å². The molecule has 0 aromatic heterocycles. The maximum atomic E-state index is 13.3. The van der Waals surface area contributed by atoms with Gasteiger partial charge in [0, 0.05) is 24.6 Å². The fourth-order valence-corrected chi connectivity index (χ4v) is 5.00. The van der Waals surface area contributed by atoms with Gasteiger partial charge in [0.1, 0.15) is 5.54 Å². The molecule has 3 aliphatic rings. The predicted octanol–water partition coefficient (Wildman–Crippen LogP) is 0.736. The fraction of sp³-hybridized carbons (Fsp3) is 0.474. The number of hydrogen-bond acceptors (Lipinski definition) is 5. The van der Waals surface area contributed by atoms with E-state index in [0.29, 0.717) is 29.2 Å². The quantitative estimate of drug-likeness (QED) is 0.625. The molecule has 1 aromatic rings. The number of nitrogens with two attached hydrogens (primary N) is 1. The Labute approximate surface area is 166 Å². The summed E-state index contributed by atoms with van der Waals surface area (Å²) in [6, 6.07) is 4.34. The van der Waals surface area contributed by atoms with Gasteiger partial charge in [0.15, 0.2) is 0 Å². The monoisotopic (exact) mass is 404 g/mol. The summed E-state index contributed by atoms with van der Waals surface area (Å²) in [4.78, 5) is 52.3. The third-order valence-electron chi connectivity index (χ3n) is 5.95. The largest absolute Gasteiger partial charge is 0.370 e. The van der Waals surface area contributed by atoms with E-state index in [1.165, 1.54) is 4.90 Å². The number of carbonyl (C=O) groups excluding carboxylic acids is 4. The first-order chi connectivity index (χ1) is 13.3. The highest BCUT2D eigenvalue weighted by Crippen LogP contribution is 2.54. The second-order valence-electron chi connectivity index (χ2n) is 7.53. The summed E-state index contributed by atoms with van der Waals surface area (Å²) in [5.74, 6) is -3.58. The number of fused-ring (bicyclic) bond motifs is 4. The molecule has 2 saturated heterocycles. The summed E-state index contributed by atoms with van der Waals surface area (Å²) in [5, 5.41) is 6.22. The summed E-state index contributed by atoms with van der Waals surface area (Å²) < 4.78 is 0. The maximum absolute atomic E-state index is 13.3. The third kappa shape index (κ3) is 2.41. The molecule has 8 nitrogen and oxygen atoms in total. The number of nitrogens with one attached hydrogen (secondary N) is 2. The van der Waals surface area contributed by atoms with Gasteiger partial charge in [-0.3, -0.25) is 29.4 Å². The van der Waals surface area contributed by atoms with Gasteiger partial charge in [0.2, 0.25) is 23.6 Å². The number of benzene rings is 1. The lowest BCUT2D eigenvalue weighted by molar-refractivity contribution is -0.142. The van der Waals surface area contributed by atoms with Crippen molar-refractivity contribution in [1.82, 2.24) is 10.2 Å². The Morgan fingerprint density at radius 2 is 2.04 bits per heavy atom. The Balaban J connectivity index is 1.85. The van der Waals surface area contributed by atoms with Crippen LogP contribution in [0.5, 0.6) is 0 Å². The zero-order valence-corrected chi connectivity index (χ0v) is 16.1. The molecule has 1 spiro atoms. The van der Waals surface area contributed by atoms with Crippen LogP contribution < -0.4 is 16.4 Å². The minimum Gasteiger partial charge on any atom is -0.370 e. The smallest absolute Gasteiger partial charge is 0.250 e. The number of para-hydroxylation sites is 1. The average molecular weight is 405 g/mol. The Kier molecular flexibility index (Phi) is 4.43. The fourth-order valence-electron chi connectivity index (χ4n) is 4.78. The highest BCUT2D eigenvalue weighted by molar-refractivity contribution is 6.35. The van der Waals surface area contributed by atoms with Crippen molar-refractivity contribution >= 4 is 40.9 Å². The molecule has 0 unspecified atom stereocenters. The first-order valence-electron chi connectivity index (χ1n) is 9.34. The number of nitrogens with zero attached hydrogens (tertiary/aromatic N) is 1. The summed E-state index contributed by atoms with van der Waals surface area (Å²) in [6.07, 6.45) is 1.35. The van der Waals surface area contributed by atoms with Crippen molar-refractivity contribution in [3.8, 4) is 0 Å². The molecule has 0 saturated carbocycles. The van der Waals surface area contributed by atoms with Crippen LogP contribution in [0.3, 0.4) is 0 Å². The van der Waals surface area contributed by atoms with Crippen molar-refractivity contribution in [3.05, 3.63) is 28.8 Å². The summed E-state index contributed by atoms with van der Waals surface area (Å²) >= 11 is 6.24. The lowest BCUT2D eigenvalue weighted by atomic mass is 9.76. The maximum Gasteiger partial charge on any atom is 0.250 e. The van der Waals surface area contributed by atoms with Gasteiger partial charge in [-0.2, -0.15) is 0 Å². The molecular formula is C19H21ClN4O4. The molecule has 4 atom stereocenters. The molecular weight excluding hydrogens is 384 g/mol. The summed E-state index contributed by atoms with van der Waals surface area (Å²) in [6.45, 7) is 2.26. The Morgan fingerprint density at radius 3 is 2.71 bits per heavy atom. The molecule has 9 heteroatoms. The van der Waals surface area contributed by atoms with E-state index >= 15 is 0 Å². The minimum atomic E-state index is -1.45. The molecule has 3 heterocycles. The molecule has 4 rings (SSSR count). The van der Waals surface area contributed by atoms with Crippen molar-refractivity contribution in [3.63, 3.8) is 0 Å². The average Bonchev–Trinajstić information content (AvgIpc) is 3.20. The number of anilines is 1. The van der Waals surface area contributed by atoms with Crippen molar-refractivity contribution in [2.45, 2.75) is 37.8 Å². The molecule has 148 valence electrons. The summed E-state index contributed by atoms with van der Waals surface area (Å²) in [7, 11) is 0. The molecule has 3 aliphatic heterocycles. The van der Waals surface area contributed by atoms with Crippen LogP contribution in [-0.4, -0.2) is 41.1 Å². The first kappa shape index (κ1) is 18.9. The topological polar surface area (TPSA) is 122 Å². The number of amides is 4. The normalized spacial score (nSPS) is 30.7. The first-order valence-corrected chi connectivity index (χ1v) is 9.72. The van der Waals surface area contributed by atoms with Gasteiger partial charge in [-0.05, 0) is 12.5 Å². The Morgan fingerprint density at radius 1 is 1.29 bits per heavy atom. The highest BCUT2D eigenvalue weighted by atomic mass is 35.5. The third-order valence-corrected chi connectivity index (χ3v) is 6.26. The van der Waals surface area contributed by atoms with E-state index in [0.717, 1.165) is 6.42 Å². The van der Waals surface area contributed by atoms with Crippen molar-refractivity contribution in [2.75, 3.05) is 11.9 Å². The second-order valence-corrected chi connectivity index (χ2v) is 7.94. The van der Waals surface area contributed by atoms with Crippen LogP contribution >= 0.6 is 11.6 Å². The predicted molar refractivity (Wildman–Crippen MR) is 101 cm³/mol. The standard InChI is InChI=1S/C19H21ClN4O4/c1-2-3-7-24-16(26)13-11(8-12(21)25)23-19(14(13)17(24)27)9-5-4-6-10(20)15(9)22-18(19)28/h4-6,11,13-14,23H,2-3,7-8H2,1H3,(H2,21,25)(H,22,28)/t11-,13-,14+,19-/m1/s1. The number of likely N-dealkylation sites (tertiary alicyclic amines) is 1. The zero-order chi connectivity index (χ0) is 20.2. The number of rotatable bonds is 5. The molecule has 4 N–H and O–H groups in total. The minimum absolute atomic E-state index is 0.146. The lowest BCUT2D eigenvalue weighted by Gasteiger charge is -2.29. The van der Waals surface area contributed by atoms with Gasteiger partial charge in [-0.25, -0.2) is 0 Å². The van der Waals surface area contributed by atoms with E-state index in [-0.39, 0.29) is 12.3 Å². The van der Waals surface area contributed by atoms with Gasteiger partial charge in [-0.1, -0.05) is 37.1 Å². The van der Waals surface area contributed by atoms with E-state index in [2.05, 4.69) is 10.6 Å². The van der Waals surface area contributed by atoms with E-state index < -0.39 is 41.1 Å². The van der Waals surface area contributed by atoms with Crippen LogP contribution in [0.2, 0.25) is 5.02 Å². The number of hydrogen-bond donors (Lipinski definition) is 3. The van der Waals surface area contributed by atoms with E-state index in [4.69, 9.17) is 17.3 Å². The molecule has 4 amide bonds. The number of unbranched alkanes of at least 4 members (excludes halogenated alkanes) is 1. The SMILES string of the molecule is CCCCN1C(=O)[C@H]2[C@@H](C1=O)[C@@]1(N[C@@H]2CC(N)=O)C(=O)Nc2c(Cl)cccc21. The van der Waals surface area contributed by atoms with Crippen LogP contribution in [0.1, 0.15) is 31.7 Å². The molecule has 1 aromatic carbocycles.